The van der Waals surface area contributed by atoms with Gasteiger partial charge in [0, 0.05) is 25.1 Å². The number of ether oxygens (including phenoxy) is 1. The highest BCUT2D eigenvalue weighted by molar-refractivity contribution is 9.10. The van der Waals surface area contributed by atoms with E-state index in [1.54, 1.807) is 30.7 Å². The van der Waals surface area contributed by atoms with Crippen molar-refractivity contribution in [1.29, 1.82) is 0 Å². The molecule has 3 aromatic rings. The Morgan fingerprint density at radius 2 is 2.00 bits per heavy atom. The summed E-state index contributed by atoms with van der Waals surface area (Å²) >= 11 is 3.30. The normalized spacial score (nSPS) is 11.5. The molecule has 0 aliphatic rings. The summed E-state index contributed by atoms with van der Waals surface area (Å²) in [5.41, 5.74) is 0.791. The molecule has 136 valence electrons. The van der Waals surface area contributed by atoms with Gasteiger partial charge in [-0.3, -0.25) is 4.57 Å². The average molecular weight is 437 g/mol. The largest absolute Gasteiger partial charge is 0.496 e. The zero-order chi connectivity index (χ0) is 18.7. The first-order valence-electron chi connectivity index (χ1n) is 7.69. The second kappa shape index (κ2) is 7.56. The predicted molar refractivity (Wildman–Crippen MR) is 101 cm³/mol. The highest BCUT2D eigenvalue weighted by atomic mass is 79.9. The fourth-order valence-electron chi connectivity index (χ4n) is 2.40. The molecule has 0 aliphatic carbocycles. The third-order valence-corrected chi connectivity index (χ3v) is 5.80. The summed E-state index contributed by atoms with van der Waals surface area (Å²) in [6.07, 6.45) is 5.14. The summed E-state index contributed by atoms with van der Waals surface area (Å²) < 4.78 is 35.2. The molecule has 9 heteroatoms. The molecule has 0 saturated carbocycles. The molecule has 1 N–H and O–H groups in total. The maximum absolute atomic E-state index is 12.5. The van der Waals surface area contributed by atoms with Crippen LogP contribution in [0.1, 0.15) is 11.4 Å². The minimum Gasteiger partial charge on any atom is -0.496 e. The van der Waals surface area contributed by atoms with Gasteiger partial charge in [-0.2, -0.15) is 0 Å². The molecule has 0 aliphatic heterocycles. The third-order valence-electron chi connectivity index (χ3n) is 3.78. The topological polar surface area (TPSA) is 86.1 Å². The lowest BCUT2D eigenvalue weighted by Gasteiger charge is -2.10. The number of methoxy groups -OCH3 is 1. The van der Waals surface area contributed by atoms with Crippen LogP contribution in [0.15, 0.2) is 58.3 Å². The molecule has 2 aromatic heterocycles. The number of imidazole rings is 1. The summed E-state index contributed by atoms with van der Waals surface area (Å²) in [7, 11) is -2.13. The van der Waals surface area contributed by atoms with Crippen molar-refractivity contribution in [3.63, 3.8) is 0 Å². The molecule has 0 bridgehead atoms. The highest BCUT2D eigenvalue weighted by Crippen LogP contribution is 2.27. The van der Waals surface area contributed by atoms with Crippen molar-refractivity contribution in [1.82, 2.24) is 19.3 Å². The van der Waals surface area contributed by atoms with Crippen molar-refractivity contribution in [2.45, 2.75) is 18.4 Å². The van der Waals surface area contributed by atoms with E-state index in [0.717, 1.165) is 11.4 Å². The molecular weight excluding hydrogens is 420 g/mol. The maximum atomic E-state index is 12.5. The number of aromatic nitrogens is 3. The Hall–Kier alpha value is -2.23. The van der Waals surface area contributed by atoms with Crippen LogP contribution in [0, 0.1) is 6.92 Å². The van der Waals surface area contributed by atoms with Gasteiger partial charge < -0.3 is 4.74 Å². The quantitative estimate of drug-likeness (QED) is 0.641. The molecule has 0 spiro atoms. The van der Waals surface area contributed by atoms with E-state index in [-0.39, 0.29) is 11.4 Å². The van der Waals surface area contributed by atoms with Crippen molar-refractivity contribution in [2.75, 3.05) is 7.11 Å². The SMILES string of the molecule is COc1ccc(S(=O)(=O)NCc2ccnc(-n3ccnc3C)c2)cc1Br. The van der Waals surface area contributed by atoms with Crippen molar-refractivity contribution in [2.24, 2.45) is 0 Å². The van der Waals surface area contributed by atoms with Gasteiger partial charge in [0.25, 0.3) is 0 Å². The van der Waals surface area contributed by atoms with Crippen LogP contribution < -0.4 is 9.46 Å². The number of benzene rings is 1. The number of rotatable bonds is 6. The summed E-state index contributed by atoms with van der Waals surface area (Å²) in [5.74, 6) is 2.06. The highest BCUT2D eigenvalue weighted by Gasteiger charge is 2.16. The Balaban J connectivity index is 1.78. The van der Waals surface area contributed by atoms with E-state index in [0.29, 0.717) is 16.0 Å². The molecule has 0 atom stereocenters. The van der Waals surface area contributed by atoms with E-state index >= 15 is 0 Å². The van der Waals surface area contributed by atoms with E-state index in [1.165, 1.54) is 19.2 Å². The monoisotopic (exact) mass is 436 g/mol. The number of halogens is 1. The van der Waals surface area contributed by atoms with Gasteiger partial charge in [-0.25, -0.2) is 23.1 Å². The van der Waals surface area contributed by atoms with Gasteiger partial charge in [0.1, 0.15) is 17.4 Å². The van der Waals surface area contributed by atoms with E-state index in [4.69, 9.17) is 4.74 Å². The van der Waals surface area contributed by atoms with Crippen molar-refractivity contribution in [3.8, 4) is 11.6 Å². The molecule has 0 amide bonds. The number of sulfonamides is 1. The molecule has 0 fully saturated rings. The lowest BCUT2D eigenvalue weighted by atomic mass is 10.2. The van der Waals surface area contributed by atoms with Crippen LogP contribution in [0.3, 0.4) is 0 Å². The Kier molecular flexibility index (Phi) is 5.40. The summed E-state index contributed by atoms with van der Waals surface area (Å²) in [6.45, 7) is 2.02. The minimum absolute atomic E-state index is 0.148. The zero-order valence-corrected chi connectivity index (χ0v) is 16.6. The first-order chi connectivity index (χ1) is 12.4. The van der Waals surface area contributed by atoms with E-state index in [1.807, 2.05) is 17.6 Å². The summed E-state index contributed by atoms with van der Waals surface area (Å²) in [4.78, 5) is 8.63. The molecule has 0 unspecified atom stereocenters. The van der Waals surface area contributed by atoms with Crippen molar-refractivity contribution >= 4 is 26.0 Å². The van der Waals surface area contributed by atoms with Crippen molar-refractivity contribution < 1.29 is 13.2 Å². The minimum atomic E-state index is -3.66. The second-order valence-corrected chi connectivity index (χ2v) is 8.11. The lowest BCUT2D eigenvalue weighted by Crippen LogP contribution is -2.23. The van der Waals surface area contributed by atoms with Crippen LogP contribution in [-0.2, 0) is 16.6 Å². The van der Waals surface area contributed by atoms with Gasteiger partial charge in [0.05, 0.1) is 16.5 Å². The predicted octanol–water partition coefficient (Wildman–Crippen LogP) is 2.83. The first kappa shape index (κ1) is 18.6. The van der Waals surface area contributed by atoms with Gasteiger partial charge in [-0.05, 0) is 58.7 Å². The Morgan fingerprint density at radius 1 is 1.19 bits per heavy atom. The molecule has 1 aromatic carbocycles. The standard InChI is InChI=1S/C17H17BrN4O3S/c1-12-19-7-8-22(12)17-9-13(5-6-20-17)11-21-26(23,24)14-3-4-16(25-2)15(18)10-14/h3-10,21H,11H2,1-2H3. The second-order valence-electron chi connectivity index (χ2n) is 5.49. The molecule has 7 nitrogen and oxygen atoms in total. The number of nitrogens with zero attached hydrogens (tertiary/aromatic N) is 3. The van der Waals surface area contributed by atoms with Gasteiger partial charge in [-0.15, -0.1) is 0 Å². The number of pyridine rings is 1. The zero-order valence-electron chi connectivity index (χ0n) is 14.2. The molecule has 2 heterocycles. The lowest BCUT2D eigenvalue weighted by molar-refractivity contribution is 0.411. The van der Waals surface area contributed by atoms with Crippen LogP contribution in [-0.4, -0.2) is 30.1 Å². The van der Waals surface area contributed by atoms with Crippen molar-refractivity contribution in [3.05, 3.63) is 64.8 Å². The Bertz CT molecular complexity index is 1030. The molecular formula is C17H17BrN4O3S. The van der Waals surface area contributed by atoms with Gasteiger partial charge in [0.15, 0.2) is 0 Å². The number of hydrogen-bond acceptors (Lipinski definition) is 5. The van der Waals surface area contributed by atoms with E-state index in [9.17, 15) is 8.42 Å². The summed E-state index contributed by atoms with van der Waals surface area (Å²) in [6, 6.07) is 8.20. The fraction of sp³-hybridized carbons (Fsp3) is 0.176. The number of aryl methyl sites for hydroxylation is 1. The maximum Gasteiger partial charge on any atom is 0.240 e. The number of hydrogen-bond donors (Lipinski definition) is 1. The van der Waals surface area contributed by atoms with Crippen LogP contribution in [0.5, 0.6) is 5.75 Å². The number of nitrogens with one attached hydrogen (secondary N) is 1. The fourth-order valence-corrected chi connectivity index (χ4v) is 4.13. The Labute approximate surface area is 160 Å². The molecule has 0 saturated heterocycles. The van der Waals surface area contributed by atoms with Crippen LogP contribution >= 0.6 is 15.9 Å². The smallest absolute Gasteiger partial charge is 0.240 e. The van der Waals surface area contributed by atoms with Crippen LogP contribution in [0.25, 0.3) is 5.82 Å². The molecule has 26 heavy (non-hydrogen) atoms. The molecule has 0 radical (unpaired) electrons. The molecule has 3 rings (SSSR count). The third kappa shape index (κ3) is 3.95. The summed E-state index contributed by atoms with van der Waals surface area (Å²) in [5, 5.41) is 0. The first-order valence-corrected chi connectivity index (χ1v) is 9.97. The van der Waals surface area contributed by atoms with E-state index < -0.39 is 10.0 Å². The average Bonchev–Trinajstić information content (AvgIpc) is 3.06. The Morgan fingerprint density at radius 3 is 2.65 bits per heavy atom. The van der Waals surface area contributed by atoms with Crippen LogP contribution in [0.2, 0.25) is 0 Å². The van der Waals surface area contributed by atoms with E-state index in [2.05, 4.69) is 30.6 Å². The van der Waals surface area contributed by atoms with Gasteiger partial charge in [0.2, 0.25) is 10.0 Å². The van der Waals surface area contributed by atoms with Gasteiger partial charge in [-0.1, -0.05) is 0 Å². The van der Waals surface area contributed by atoms with Gasteiger partial charge >= 0.3 is 0 Å². The van der Waals surface area contributed by atoms with Crippen LogP contribution in [0.4, 0.5) is 0 Å².